The summed E-state index contributed by atoms with van der Waals surface area (Å²) in [5.41, 5.74) is 10.0. The van der Waals surface area contributed by atoms with E-state index in [1.54, 1.807) is 5.57 Å². The van der Waals surface area contributed by atoms with E-state index in [1.807, 2.05) is 0 Å². The SMILES string of the molecule is C=C(I)/C=C\C(=C1\C=CC=CC1)c1ccc2c(c1)C(C)(C)C1=C2CCC=C1. The van der Waals surface area contributed by atoms with E-state index >= 15 is 0 Å². The summed E-state index contributed by atoms with van der Waals surface area (Å²) >= 11 is 2.27. The van der Waals surface area contributed by atoms with Crippen molar-refractivity contribution in [1.82, 2.24) is 0 Å². The van der Waals surface area contributed by atoms with Crippen LogP contribution in [0.25, 0.3) is 11.1 Å². The van der Waals surface area contributed by atoms with Crippen LogP contribution >= 0.6 is 22.6 Å². The highest BCUT2D eigenvalue weighted by molar-refractivity contribution is 14.1. The summed E-state index contributed by atoms with van der Waals surface area (Å²) in [6.07, 6.45) is 21.0. The molecule has 0 atom stereocenters. The maximum absolute atomic E-state index is 4.03. The van der Waals surface area contributed by atoms with Gasteiger partial charge in [0.2, 0.25) is 0 Å². The second-order valence-electron chi connectivity index (χ2n) is 7.93. The number of halogens is 1. The zero-order valence-electron chi connectivity index (χ0n) is 16.1. The molecule has 0 N–H and O–H groups in total. The number of rotatable bonds is 3. The number of hydrogen-bond acceptors (Lipinski definition) is 0. The van der Waals surface area contributed by atoms with Gasteiger partial charge in [-0.3, -0.25) is 0 Å². The molecule has 0 heterocycles. The van der Waals surface area contributed by atoms with Gasteiger partial charge in [-0.2, -0.15) is 0 Å². The highest BCUT2D eigenvalue weighted by Crippen LogP contribution is 2.50. The van der Waals surface area contributed by atoms with Crippen molar-refractivity contribution in [3.8, 4) is 0 Å². The molecule has 0 saturated carbocycles. The van der Waals surface area contributed by atoms with E-state index in [9.17, 15) is 0 Å². The maximum atomic E-state index is 4.03. The third-order valence-corrected chi connectivity index (χ3v) is 6.19. The van der Waals surface area contributed by atoms with Crippen LogP contribution in [0.3, 0.4) is 0 Å². The highest BCUT2D eigenvalue weighted by Gasteiger charge is 2.37. The molecule has 136 valence electrons. The van der Waals surface area contributed by atoms with Crippen LogP contribution in [0.2, 0.25) is 0 Å². The summed E-state index contributed by atoms with van der Waals surface area (Å²) in [6.45, 7) is 8.76. The van der Waals surface area contributed by atoms with Crippen molar-refractivity contribution in [1.29, 1.82) is 0 Å². The minimum Gasteiger partial charge on any atom is -0.0856 e. The quantitative estimate of drug-likeness (QED) is 0.316. The molecule has 4 rings (SSSR count). The van der Waals surface area contributed by atoms with Crippen LogP contribution in [-0.4, -0.2) is 0 Å². The van der Waals surface area contributed by atoms with Gasteiger partial charge in [-0.1, -0.05) is 75.1 Å². The molecule has 0 radical (unpaired) electrons. The normalized spacial score (nSPS) is 21.6. The lowest BCUT2D eigenvalue weighted by atomic mass is 9.79. The predicted octanol–water partition coefficient (Wildman–Crippen LogP) is 7.86. The second-order valence-corrected chi connectivity index (χ2v) is 9.31. The molecule has 27 heavy (non-hydrogen) atoms. The van der Waals surface area contributed by atoms with Gasteiger partial charge in [0.1, 0.15) is 0 Å². The first kappa shape index (κ1) is 18.5. The molecule has 0 spiro atoms. The minimum absolute atomic E-state index is 0.0756. The van der Waals surface area contributed by atoms with Gasteiger partial charge in [-0.15, -0.1) is 0 Å². The molecule has 0 amide bonds. The first-order valence-corrected chi connectivity index (χ1v) is 10.7. The van der Waals surface area contributed by atoms with Crippen LogP contribution in [0.1, 0.15) is 49.8 Å². The Morgan fingerprint density at radius 3 is 2.70 bits per heavy atom. The van der Waals surface area contributed by atoms with Crippen LogP contribution in [0.5, 0.6) is 0 Å². The van der Waals surface area contributed by atoms with Gasteiger partial charge in [0.05, 0.1) is 0 Å². The van der Waals surface area contributed by atoms with Crippen molar-refractivity contribution < 1.29 is 0 Å². The fourth-order valence-electron chi connectivity index (χ4n) is 4.44. The highest BCUT2D eigenvalue weighted by atomic mass is 127. The Bertz CT molecular complexity index is 987. The summed E-state index contributed by atoms with van der Waals surface area (Å²) in [5.74, 6) is 0. The van der Waals surface area contributed by atoms with E-state index in [-0.39, 0.29) is 5.41 Å². The summed E-state index contributed by atoms with van der Waals surface area (Å²) in [6, 6.07) is 7.08. The van der Waals surface area contributed by atoms with Gasteiger partial charge in [-0.25, -0.2) is 0 Å². The topological polar surface area (TPSA) is 0 Å². The molecular formula is C26H25I. The largest absolute Gasteiger partial charge is 0.0856 e. The average Bonchev–Trinajstić information content (AvgIpc) is 2.90. The van der Waals surface area contributed by atoms with Crippen molar-refractivity contribution in [2.45, 2.75) is 38.5 Å². The molecule has 0 aliphatic heterocycles. The number of hydrogen-bond donors (Lipinski definition) is 0. The van der Waals surface area contributed by atoms with E-state index in [0.29, 0.717) is 0 Å². The van der Waals surface area contributed by atoms with Crippen molar-refractivity contribution in [3.05, 3.63) is 105 Å². The minimum atomic E-state index is 0.0756. The number of benzene rings is 1. The summed E-state index contributed by atoms with van der Waals surface area (Å²) in [5, 5.41) is 0. The van der Waals surface area contributed by atoms with Crippen molar-refractivity contribution in [2.75, 3.05) is 0 Å². The first-order valence-electron chi connectivity index (χ1n) is 9.63. The molecule has 0 unspecified atom stereocenters. The van der Waals surface area contributed by atoms with E-state index < -0.39 is 0 Å². The molecule has 3 aliphatic rings. The van der Waals surface area contributed by atoms with Crippen LogP contribution in [0.15, 0.2) is 88.1 Å². The average molecular weight is 464 g/mol. The van der Waals surface area contributed by atoms with Gasteiger partial charge in [0, 0.05) is 8.99 Å². The molecule has 1 heteroatoms. The first-order chi connectivity index (χ1) is 13.0. The van der Waals surface area contributed by atoms with E-state index in [4.69, 9.17) is 0 Å². The van der Waals surface area contributed by atoms with Crippen molar-refractivity contribution >= 4 is 33.7 Å². The Balaban J connectivity index is 1.84. The lowest BCUT2D eigenvalue weighted by Gasteiger charge is -2.24. The van der Waals surface area contributed by atoms with Crippen molar-refractivity contribution in [2.24, 2.45) is 0 Å². The monoisotopic (exact) mass is 464 g/mol. The maximum Gasteiger partial charge on any atom is 0.0155 e. The van der Waals surface area contributed by atoms with E-state index in [2.05, 4.69) is 110 Å². The number of fused-ring (bicyclic) bond motifs is 2. The molecule has 0 bridgehead atoms. The lowest BCUT2D eigenvalue weighted by molar-refractivity contribution is 0.651. The van der Waals surface area contributed by atoms with E-state index in [1.165, 1.54) is 33.4 Å². The van der Waals surface area contributed by atoms with E-state index in [0.717, 1.165) is 22.8 Å². The van der Waals surface area contributed by atoms with Crippen molar-refractivity contribution in [3.63, 3.8) is 0 Å². The predicted molar refractivity (Wildman–Crippen MR) is 127 cm³/mol. The third-order valence-electron chi connectivity index (χ3n) is 5.83. The Morgan fingerprint density at radius 2 is 1.96 bits per heavy atom. The Morgan fingerprint density at radius 1 is 1.11 bits per heavy atom. The molecule has 0 nitrogen and oxygen atoms in total. The summed E-state index contributed by atoms with van der Waals surface area (Å²) in [4.78, 5) is 0. The van der Waals surface area contributed by atoms with Gasteiger partial charge in [0.25, 0.3) is 0 Å². The molecule has 0 fully saturated rings. The van der Waals surface area contributed by atoms with Gasteiger partial charge in [0.15, 0.2) is 0 Å². The molecular weight excluding hydrogens is 439 g/mol. The van der Waals surface area contributed by atoms with Crippen LogP contribution in [0, 0.1) is 0 Å². The Hall–Kier alpha value is -1.87. The summed E-state index contributed by atoms with van der Waals surface area (Å²) < 4.78 is 1.05. The van der Waals surface area contributed by atoms with Crippen LogP contribution < -0.4 is 0 Å². The molecule has 3 aliphatic carbocycles. The molecule has 1 aromatic carbocycles. The smallest absolute Gasteiger partial charge is 0.0155 e. The molecule has 0 saturated heterocycles. The van der Waals surface area contributed by atoms with Crippen LogP contribution in [0.4, 0.5) is 0 Å². The zero-order chi connectivity index (χ0) is 19.0. The van der Waals surface area contributed by atoms with Gasteiger partial charge >= 0.3 is 0 Å². The lowest BCUT2D eigenvalue weighted by Crippen LogP contribution is -2.16. The third kappa shape index (κ3) is 3.38. The Kier molecular flexibility index (Phi) is 4.98. The standard InChI is InChI=1S/C26H25I/c1-18(27)13-15-21(19-9-5-4-6-10-19)20-14-16-23-22-11-7-8-12-24(22)26(2,3)25(23)17-20/h4-6,8-9,12-17H,1,7,10-11H2,2-3H3/b15-13-,21-19+. The zero-order valence-corrected chi connectivity index (χ0v) is 18.2. The number of allylic oxidation sites excluding steroid dienone is 13. The van der Waals surface area contributed by atoms with Gasteiger partial charge < -0.3 is 0 Å². The van der Waals surface area contributed by atoms with Gasteiger partial charge in [-0.05, 0) is 93.0 Å². The molecule has 0 aromatic heterocycles. The second kappa shape index (κ2) is 7.27. The summed E-state index contributed by atoms with van der Waals surface area (Å²) in [7, 11) is 0. The fourth-order valence-corrected chi connectivity index (χ4v) is 4.62. The Labute approximate surface area is 176 Å². The molecule has 1 aromatic rings. The fraction of sp³-hybridized carbons (Fsp3) is 0.231. The van der Waals surface area contributed by atoms with Crippen LogP contribution in [-0.2, 0) is 5.41 Å².